The van der Waals surface area contributed by atoms with Crippen LogP contribution < -0.4 is 29.9 Å². The largest absolute Gasteiger partial charge is 0.506 e. The maximum atomic E-state index is 14.2. The molecule has 16 heteroatoms. The summed E-state index contributed by atoms with van der Waals surface area (Å²) in [5.74, 6) is -1.06. The molecule has 0 fully saturated rings. The molecule has 53 heavy (non-hydrogen) atoms. The number of rotatable bonds is 4. The van der Waals surface area contributed by atoms with Gasteiger partial charge in [0.15, 0.2) is 23.0 Å². The highest BCUT2D eigenvalue weighted by Gasteiger charge is 2.38. The molecule has 0 atom stereocenters. The standard InChI is InChI=1S/C36H33N7O8.CH3Cl/c1-14-13-38-27-23(44)12-22-17(24(14)27)6-7-41(22)34(47)20-10-18-15-4-8-42(28(15)30(45)32(50-2)25(18)39-20)35(48)21-11-19-16-5-9-43(36(37)49)29(16)31(46)33(51-3)26(19)40-21;1-2/h10-13,38-40,44-46H,4-9H2,1-3H3,(H2,37,49);1H3. The van der Waals surface area contributed by atoms with E-state index in [0.29, 0.717) is 69.9 Å². The Labute approximate surface area is 306 Å². The molecule has 4 amide bonds. The Morgan fingerprint density at radius 3 is 1.77 bits per heavy atom. The number of anilines is 3. The summed E-state index contributed by atoms with van der Waals surface area (Å²) in [4.78, 5) is 54.1. The summed E-state index contributed by atoms with van der Waals surface area (Å²) >= 11 is 4.64. The van der Waals surface area contributed by atoms with Gasteiger partial charge in [-0.25, -0.2) is 4.79 Å². The zero-order chi connectivity index (χ0) is 37.6. The van der Waals surface area contributed by atoms with Gasteiger partial charge in [0.05, 0.1) is 47.8 Å². The number of primary amides is 1. The first kappa shape index (κ1) is 33.9. The zero-order valence-electron chi connectivity index (χ0n) is 29.2. The first-order chi connectivity index (χ1) is 25.5. The molecule has 0 radical (unpaired) electrons. The monoisotopic (exact) mass is 741 g/mol. The summed E-state index contributed by atoms with van der Waals surface area (Å²) < 4.78 is 11.2. The fraction of sp³-hybridized carbons (Fsp3) is 0.270. The predicted molar refractivity (Wildman–Crippen MR) is 201 cm³/mol. The lowest BCUT2D eigenvalue weighted by Crippen LogP contribution is -2.34. The van der Waals surface area contributed by atoms with E-state index in [9.17, 15) is 29.7 Å². The van der Waals surface area contributed by atoms with E-state index in [1.165, 1.54) is 30.4 Å². The number of aromatic hydroxyl groups is 3. The number of phenolic OH excluding ortho intramolecular Hbond substituents is 3. The second kappa shape index (κ2) is 12.2. The Morgan fingerprint density at radius 1 is 0.736 bits per heavy atom. The Morgan fingerprint density at radius 2 is 1.23 bits per heavy atom. The van der Waals surface area contributed by atoms with Crippen LogP contribution in [-0.2, 0) is 19.3 Å². The molecule has 3 aliphatic rings. The van der Waals surface area contributed by atoms with Crippen LogP contribution in [0.1, 0.15) is 43.2 Å². The van der Waals surface area contributed by atoms with Gasteiger partial charge in [-0.05, 0) is 60.6 Å². The number of methoxy groups -OCH3 is 2. The van der Waals surface area contributed by atoms with Gasteiger partial charge in [0, 0.05) is 54.4 Å². The number of carbonyl (C=O) groups excluding carboxylic acids is 3. The van der Waals surface area contributed by atoms with Gasteiger partial charge in [-0.2, -0.15) is 0 Å². The number of ether oxygens (including phenoxy) is 2. The van der Waals surface area contributed by atoms with Gasteiger partial charge in [0.25, 0.3) is 11.8 Å². The van der Waals surface area contributed by atoms with Crippen molar-refractivity contribution < 1.29 is 39.2 Å². The summed E-state index contributed by atoms with van der Waals surface area (Å²) in [5, 5.41) is 35.5. The van der Waals surface area contributed by atoms with E-state index in [-0.39, 0.29) is 70.5 Å². The SMILES string of the molecule is CCl.COc1c(O)c2c(c3cc(C(=O)N4CCc5c4c(O)c(OC)c4[nH]c(C(=O)N6CCc7c6cc(O)c6[nH]cc(C)c76)cc54)[nH]c13)CCN2C(N)=O. The van der Waals surface area contributed by atoms with Crippen molar-refractivity contribution in [3.05, 3.63) is 58.0 Å². The van der Waals surface area contributed by atoms with Gasteiger partial charge in [-0.3, -0.25) is 14.5 Å². The van der Waals surface area contributed by atoms with Crippen molar-refractivity contribution in [3.63, 3.8) is 0 Å². The quantitative estimate of drug-likeness (QED) is 0.118. The van der Waals surface area contributed by atoms with E-state index in [2.05, 4.69) is 26.6 Å². The van der Waals surface area contributed by atoms with E-state index in [1.807, 2.05) is 13.1 Å². The summed E-state index contributed by atoms with van der Waals surface area (Å²) in [6.45, 7) is 2.88. The van der Waals surface area contributed by atoms with Gasteiger partial charge in [0.1, 0.15) is 17.1 Å². The number of alkyl halides is 1. The molecule has 0 unspecified atom stereocenters. The van der Waals surface area contributed by atoms with Gasteiger partial charge < -0.3 is 55.3 Å². The smallest absolute Gasteiger partial charge is 0.319 e. The number of phenols is 3. The molecule has 3 aromatic carbocycles. The Kier molecular flexibility index (Phi) is 7.80. The van der Waals surface area contributed by atoms with E-state index in [1.54, 1.807) is 23.1 Å². The molecule has 6 aromatic rings. The molecule has 0 bridgehead atoms. The van der Waals surface area contributed by atoms with Crippen LogP contribution in [0.5, 0.6) is 28.7 Å². The number of aryl methyl sites for hydroxylation is 1. The summed E-state index contributed by atoms with van der Waals surface area (Å²) in [5.41, 5.74) is 11.9. The molecular weight excluding hydrogens is 706 g/mol. The third kappa shape index (κ3) is 4.62. The number of urea groups is 1. The number of aromatic nitrogens is 3. The van der Waals surface area contributed by atoms with Crippen LogP contribution in [0.4, 0.5) is 21.9 Å². The molecule has 3 aliphatic heterocycles. The van der Waals surface area contributed by atoms with Crippen molar-refractivity contribution in [2.75, 3.05) is 54.9 Å². The molecule has 274 valence electrons. The fourth-order valence-corrected chi connectivity index (χ4v) is 8.42. The Balaban J connectivity index is 0.00000197. The van der Waals surface area contributed by atoms with Crippen LogP contribution in [0, 0.1) is 6.92 Å². The maximum absolute atomic E-state index is 14.2. The minimum Gasteiger partial charge on any atom is -0.506 e. The third-order valence-corrected chi connectivity index (χ3v) is 10.6. The van der Waals surface area contributed by atoms with Crippen LogP contribution in [0.3, 0.4) is 0 Å². The molecule has 0 aliphatic carbocycles. The number of carbonyl (C=O) groups is 3. The second-order valence-corrected chi connectivity index (χ2v) is 13.1. The average molecular weight is 742 g/mol. The highest BCUT2D eigenvalue weighted by Crippen LogP contribution is 2.52. The number of fused-ring (bicyclic) bond motifs is 9. The van der Waals surface area contributed by atoms with Crippen LogP contribution >= 0.6 is 11.6 Å². The first-order valence-corrected chi connectivity index (χ1v) is 17.6. The summed E-state index contributed by atoms with van der Waals surface area (Å²) in [6, 6.07) is 4.26. The molecule has 0 saturated heterocycles. The number of nitrogens with two attached hydrogens (primary N) is 1. The lowest BCUT2D eigenvalue weighted by atomic mass is 10.0. The highest BCUT2D eigenvalue weighted by molar-refractivity contribution is 6.16. The number of nitrogens with zero attached hydrogens (tertiary/aromatic N) is 3. The molecule has 3 aromatic heterocycles. The minimum atomic E-state index is -0.714. The van der Waals surface area contributed by atoms with Crippen LogP contribution in [0.2, 0.25) is 0 Å². The minimum absolute atomic E-state index is 0.0598. The van der Waals surface area contributed by atoms with E-state index in [4.69, 9.17) is 15.2 Å². The van der Waals surface area contributed by atoms with Gasteiger partial charge in [-0.15, -0.1) is 11.6 Å². The lowest BCUT2D eigenvalue weighted by Gasteiger charge is -2.19. The number of H-pyrrole nitrogens is 3. The number of benzene rings is 3. The topological polar surface area (TPSA) is 213 Å². The molecule has 8 N–H and O–H groups in total. The Bertz CT molecular complexity index is 2570. The predicted octanol–water partition coefficient (Wildman–Crippen LogP) is 5.27. The molecule has 0 spiro atoms. The average Bonchev–Trinajstić information content (AvgIpc) is 3.99. The number of hydrogen-bond donors (Lipinski definition) is 7. The van der Waals surface area contributed by atoms with E-state index in [0.717, 1.165) is 16.5 Å². The molecular formula is C37H36ClN7O8. The normalized spacial score (nSPS) is 14.5. The maximum Gasteiger partial charge on any atom is 0.319 e. The van der Waals surface area contributed by atoms with Crippen LogP contribution in [0.15, 0.2) is 24.4 Å². The van der Waals surface area contributed by atoms with E-state index < -0.39 is 11.9 Å². The van der Waals surface area contributed by atoms with Crippen molar-refractivity contribution in [2.24, 2.45) is 5.73 Å². The summed E-state index contributed by atoms with van der Waals surface area (Å²) in [7, 11) is 2.78. The number of hydrogen-bond acceptors (Lipinski definition) is 8. The second-order valence-electron chi connectivity index (χ2n) is 13.1. The zero-order valence-corrected chi connectivity index (χ0v) is 30.0. The number of nitrogens with one attached hydrogen (secondary N) is 3. The lowest BCUT2D eigenvalue weighted by molar-refractivity contribution is 0.0977. The third-order valence-electron chi connectivity index (χ3n) is 10.6. The molecule has 9 rings (SSSR count). The van der Waals surface area contributed by atoms with Crippen LogP contribution in [0.25, 0.3) is 32.7 Å². The first-order valence-electron chi connectivity index (χ1n) is 16.8. The molecule has 0 saturated carbocycles. The number of halogens is 1. The van der Waals surface area contributed by atoms with Crippen molar-refractivity contribution in [2.45, 2.75) is 26.2 Å². The van der Waals surface area contributed by atoms with Crippen molar-refractivity contribution in [1.82, 2.24) is 15.0 Å². The Hall–Kier alpha value is -6.22. The number of amides is 4. The molecule has 6 heterocycles. The van der Waals surface area contributed by atoms with Crippen molar-refractivity contribution in [3.8, 4) is 28.7 Å². The van der Waals surface area contributed by atoms with Gasteiger partial charge in [-0.1, -0.05) is 0 Å². The van der Waals surface area contributed by atoms with Crippen molar-refractivity contribution >= 4 is 79.2 Å². The fourth-order valence-electron chi connectivity index (χ4n) is 8.42. The highest BCUT2D eigenvalue weighted by atomic mass is 35.5. The van der Waals surface area contributed by atoms with Gasteiger partial charge >= 0.3 is 6.03 Å². The van der Waals surface area contributed by atoms with E-state index >= 15 is 0 Å². The molecule has 15 nitrogen and oxygen atoms in total. The summed E-state index contributed by atoms with van der Waals surface area (Å²) in [6.07, 6.45) is 4.73. The van der Waals surface area contributed by atoms with Gasteiger partial charge in [0.2, 0.25) is 0 Å². The number of aromatic amines is 3. The van der Waals surface area contributed by atoms with Crippen LogP contribution in [-0.4, -0.2) is 88.4 Å². The van der Waals surface area contributed by atoms with Crippen molar-refractivity contribution in [1.29, 1.82) is 0 Å².